The first-order valence-electron chi connectivity index (χ1n) is 6.36. The van der Waals surface area contributed by atoms with Crippen molar-refractivity contribution in [3.63, 3.8) is 0 Å². The maximum Gasteiger partial charge on any atom is 0.126 e. The van der Waals surface area contributed by atoms with Crippen LogP contribution in [0.1, 0.15) is 31.0 Å². The highest BCUT2D eigenvalue weighted by molar-refractivity contribution is 5.25. The monoisotopic (exact) mass is 236 g/mol. The summed E-state index contributed by atoms with van der Waals surface area (Å²) in [6.07, 6.45) is 0. The summed E-state index contributed by atoms with van der Waals surface area (Å²) < 4.78 is 13.6. The number of hydrogen-bond acceptors (Lipinski definition) is 2. The predicted molar refractivity (Wildman–Crippen MR) is 68.6 cm³/mol. The lowest BCUT2D eigenvalue weighted by Crippen LogP contribution is -2.57. The molecule has 1 aliphatic heterocycles. The van der Waals surface area contributed by atoms with Crippen LogP contribution in [0.2, 0.25) is 0 Å². The summed E-state index contributed by atoms with van der Waals surface area (Å²) in [6.45, 7) is 9.23. The molecule has 17 heavy (non-hydrogen) atoms. The zero-order valence-corrected chi connectivity index (χ0v) is 10.8. The predicted octanol–water partition coefficient (Wildman–Crippen LogP) is 2.49. The molecule has 1 aliphatic rings. The number of halogens is 1. The second-order valence-corrected chi connectivity index (χ2v) is 4.83. The highest BCUT2D eigenvalue weighted by Gasteiger charge is 2.27. The zero-order chi connectivity index (χ0) is 12.4. The summed E-state index contributed by atoms with van der Waals surface area (Å²) in [7, 11) is 0. The molecule has 2 rings (SSSR count). The maximum atomic E-state index is 13.6. The average Bonchev–Trinajstić information content (AvgIpc) is 2.26. The number of likely N-dealkylation sites (N-methyl/N-ethyl adjacent to an activating group) is 1. The molecule has 0 aromatic heterocycles. The third-order valence-electron chi connectivity index (χ3n) is 3.77. The van der Waals surface area contributed by atoms with Gasteiger partial charge in [-0.25, -0.2) is 4.39 Å². The molecule has 1 saturated heterocycles. The second-order valence-electron chi connectivity index (χ2n) is 4.83. The molecule has 1 aromatic rings. The van der Waals surface area contributed by atoms with E-state index in [-0.39, 0.29) is 11.9 Å². The lowest BCUT2D eigenvalue weighted by atomic mass is 10.0. The van der Waals surface area contributed by atoms with Gasteiger partial charge in [-0.2, -0.15) is 0 Å². The van der Waals surface area contributed by atoms with E-state index in [0.29, 0.717) is 11.6 Å². The molecule has 94 valence electrons. The van der Waals surface area contributed by atoms with E-state index < -0.39 is 0 Å². The van der Waals surface area contributed by atoms with Crippen molar-refractivity contribution in [3.05, 3.63) is 35.1 Å². The number of aryl methyl sites for hydroxylation is 1. The molecular formula is C14H21FN2. The van der Waals surface area contributed by atoms with Crippen LogP contribution >= 0.6 is 0 Å². The van der Waals surface area contributed by atoms with Gasteiger partial charge in [0.1, 0.15) is 5.82 Å². The Kier molecular flexibility index (Phi) is 3.79. The van der Waals surface area contributed by atoms with Crippen LogP contribution in [0, 0.1) is 12.7 Å². The molecule has 3 heteroatoms. The minimum atomic E-state index is -0.0999. The van der Waals surface area contributed by atoms with Gasteiger partial charge in [0.25, 0.3) is 0 Å². The minimum absolute atomic E-state index is 0.0999. The van der Waals surface area contributed by atoms with Gasteiger partial charge in [-0.1, -0.05) is 19.1 Å². The lowest BCUT2D eigenvalue weighted by molar-refractivity contribution is 0.109. The summed E-state index contributed by atoms with van der Waals surface area (Å²) in [6, 6.07) is 6.46. The van der Waals surface area contributed by atoms with E-state index in [1.165, 1.54) is 0 Å². The van der Waals surface area contributed by atoms with Crippen LogP contribution in [0.25, 0.3) is 0 Å². The van der Waals surface area contributed by atoms with Crippen molar-refractivity contribution in [2.24, 2.45) is 0 Å². The van der Waals surface area contributed by atoms with E-state index in [9.17, 15) is 4.39 Å². The smallest absolute Gasteiger partial charge is 0.126 e. The first kappa shape index (κ1) is 12.5. The van der Waals surface area contributed by atoms with Gasteiger partial charge in [0, 0.05) is 25.2 Å². The Hall–Kier alpha value is -0.930. The first-order valence-corrected chi connectivity index (χ1v) is 6.36. The minimum Gasteiger partial charge on any atom is -0.314 e. The van der Waals surface area contributed by atoms with E-state index in [1.54, 1.807) is 13.0 Å². The molecule has 0 aliphatic carbocycles. The molecule has 1 unspecified atom stereocenters. The molecule has 0 bridgehead atoms. The van der Waals surface area contributed by atoms with Gasteiger partial charge in [0.15, 0.2) is 0 Å². The van der Waals surface area contributed by atoms with Crippen molar-refractivity contribution in [2.75, 3.05) is 19.6 Å². The van der Waals surface area contributed by atoms with Crippen molar-refractivity contribution in [3.8, 4) is 0 Å². The molecule has 0 amide bonds. The fourth-order valence-electron chi connectivity index (χ4n) is 2.42. The summed E-state index contributed by atoms with van der Waals surface area (Å²) in [4.78, 5) is 2.43. The molecule has 0 saturated carbocycles. The van der Waals surface area contributed by atoms with Crippen molar-refractivity contribution < 1.29 is 4.39 Å². The van der Waals surface area contributed by atoms with Crippen molar-refractivity contribution in [2.45, 2.75) is 32.9 Å². The lowest BCUT2D eigenvalue weighted by Gasteiger charge is -2.41. The first-order chi connectivity index (χ1) is 8.13. The average molecular weight is 236 g/mol. The zero-order valence-electron chi connectivity index (χ0n) is 10.8. The summed E-state index contributed by atoms with van der Waals surface area (Å²) >= 11 is 0. The maximum absolute atomic E-state index is 13.6. The SMILES string of the molecule is CCN(C1CNC1)C(C)c1ccc(C)c(F)c1. The fraction of sp³-hybridized carbons (Fsp3) is 0.571. The normalized spacial score (nSPS) is 18.2. The highest BCUT2D eigenvalue weighted by atomic mass is 19.1. The third-order valence-corrected chi connectivity index (χ3v) is 3.77. The van der Waals surface area contributed by atoms with Crippen LogP contribution in [-0.2, 0) is 0 Å². The van der Waals surface area contributed by atoms with E-state index in [0.717, 1.165) is 25.2 Å². The molecule has 0 spiro atoms. The highest BCUT2D eigenvalue weighted by Crippen LogP contribution is 2.25. The van der Waals surface area contributed by atoms with Gasteiger partial charge in [-0.15, -0.1) is 0 Å². The summed E-state index contributed by atoms with van der Waals surface area (Å²) in [5.74, 6) is -0.0999. The Morgan fingerprint density at radius 3 is 2.65 bits per heavy atom. The summed E-state index contributed by atoms with van der Waals surface area (Å²) in [5, 5.41) is 3.29. The van der Waals surface area contributed by atoms with Gasteiger partial charge < -0.3 is 5.32 Å². The van der Waals surface area contributed by atoms with Gasteiger partial charge in [0.2, 0.25) is 0 Å². The molecular weight excluding hydrogens is 215 g/mol. The van der Waals surface area contributed by atoms with Crippen LogP contribution < -0.4 is 5.32 Å². The molecule has 1 aromatic carbocycles. The number of nitrogens with one attached hydrogen (secondary N) is 1. The Balaban J connectivity index is 2.16. The summed E-state index contributed by atoms with van der Waals surface area (Å²) in [5.41, 5.74) is 1.79. The Bertz CT molecular complexity index is 388. The topological polar surface area (TPSA) is 15.3 Å². The van der Waals surface area contributed by atoms with Crippen LogP contribution in [0.5, 0.6) is 0 Å². The van der Waals surface area contributed by atoms with Crippen LogP contribution in [0.15, 0.2) is 18.2 Å². The van der Waals surface area contributed by atoms with E-state index in [2.05, 4.69) is 24.1 Å². The molecule has 1 N–H and O–H groups in total. The number of benzene rings is 1. The van der Waals surface area contributed by atoms with Gasteiger partial charge >= 0.3 is 0 Å². The third kappa shape index (κ3) is 2.50. The van der Waals surface area contributed by atoms with E-state index >= 15 is 0 Å². The van der Waals surface area contributed by atoms with Crippen molar-refractivity contribution >= 4 is 0 Å². The van der Waals surface area contributed by atoms with Crippen molar-refractivity contribution in [1.82, 2.24) is 10.2 Å². The fourth-order valence-corrected chi connectivity index (χ4v) is 2.42. The quantitative estimate of drug-likeness (QED) is 0.864. The van der Waals surface area contributed by atoms with Gasteiger partial charge in [-0.3, -0.25) is 4.90 Å². The van der Waals surface area contributed by atoms with Crippen molar-refractivity contribution in [1.29, 1.82) is 0 Å². The van der Waals surface area contributed by atoms with Crippen LogP contribution in [0.3, 0.4) is 0 Å². The second kappa shape index (κ2) is 5.15. The molecule has 1 heterocycles. The number of hydrogen-bond donors (Lipinski definition) is 1. The van der Waals surface area contributed by atoms with Gasteiger partial charge in [0.05, 0.1) is 0 Å². The van der Waals surface area contributed by atoms with Crippen LogP contribution in [0.4, 0.5) is 4.39 Å². The largest absolute Gasteiger partial charge is 0.314 e. The Morgan fingerprint density at radius 2 is 2.18 bits per heavy atom. The van der Waals surface area contributed by atoms with E-state index in [4.69, 9.17) is 0 Å². The Labute approximate surface area is 103 Å². The Morgan fingerprint density at radius 1 is 1.47 bits per heavy atom. The molecule has 0 radical (unpaired) electrons. The van der Waals surface area contributed by atoms with Gasteiger partial charge in [-0.05, 0) is 37.6 Å². The van der Waals surface area contributed by atoms with E-state index in [1.807, 2.05) is 12.1 Å². The number of rotatable bonds is 4. The number of nitrogens with zero attached hydrogens (tertiary/aromatic N) is 1. The standard InChI is InChI=1S/C14H21FN2/c1-4-17(13-8-16-9-13)11(3)12-6-5-10(2)14(15)7-12/h5-7,11,13,16H,4,8-9H2,1-3H3. The molecule has 2 nitrogen and oxygen atoms in total. The van der Waals surface area contributed by atoms with Crippen LogP contribution in [-0.4, -0.2) is 30.6 Å². The molecule has 1 fully saturated rings. The molecule has 1 atom stereocenters.